The highest BCUT2D eigenvalue weighted by molar-refractivity contribution is 6.04. The molecule has 1 aliphatic carbocycles. The molecule has 1 aliphatic heterocycles. The Hall–Kier alpha value is -3.94. The molecule has 8 nitrogen and oxygen atoms in total. The van der Waals surface area contributed by atoms with Gasteiger partial charge in [0, 0.05) is 29.3 Å². The molecule has 1 heterocycles. The van der Waals surface area contributed by atoms with Crippen molar-refractivity contribution in [1.82, 2.24) is 5.32 Å². The first-order valence-corrected chi connectivity index (χ1v) is 12.8. The van der Waals surface area contributed by atoms with Crippen molar-refractivity contribution in [3.05, 3.63) is 70.1 Å². The molecular weight excluding hydrogens is 486 g/mol. The van der Waals surface area contributed by atoms with Gasteiger partial charge in [0.25, 0.3) is 0 Å². The highest BCUT2D eigenvalue weighted by Crippen LogP contribution is 2.47. The van der Waals surface area contributed by atoms with Crippen LogP contribution in [-0.4, -0.2) is 44.8 Å². The number of Topliss-reactive ketones (excluding diaryl/α,β-unsaturated/α-hetero) is 1. The van der Waals surface area contributed by atoms with E-state index in [4.69, 9.17) is 18.9 Å². The molecule has 0 bridgehead atoms. The maximum atomic E-state index is 13.8. The van der Waals surface area contributed by atoms with E-state index in [-0.39, 0.29) is 23.9 Å². The molecule has 2 aromatic rings. The van der Waals surface area contributed by atoms with Gasteiger partial charge in [-0.2, -0.15) is 0 Å². The minimum atomic E-state index is -0.670. The fraction of sp³-hybridized carbons (Fsp3) is 0.400. The van der Waals surface area contributed by atoms with E-state index in [9.17, 15) is 14.7 Å². The van der Waals surface area contributed by atoms with Crippen LogP contribution in [0.3, 0.4) is 0 Å². The standard InChI is InChI=1S/C30H35NO7/c1-6-7-12-38-30(34)27-17(2)31-21-13-20(18-8-11-25(36-4)26(16-18)37-5)15-23(33)29(21)28(27)19-9-10-24(35-3)22(32)14-19/h8-11,14,16,20,28,31-32H,6-7,12-13,15H2,1-5H3/t20-,28+/m1/s1. The number of dihydropyridines is 1. The number of hydrogen-bond donors (Lipinski definition) is 2. The van der Waals surface area contributed by atoms with Gasteiger partial charge in [-0.3, -0.25) is 4.79 Å². The Morgan fingerprint density at radius 3 is 2.32 bits per heavy atom. The van der Waals surface area contributed by atoms with Crippen molar-refractivity contribution in [3.8, 4) is 23.0 Å². The number of methoxy groups -OCH3 is 3. The average molecular weight is 522 g/mol. The molecule has 0 fully saturated rings. The number of ether oxygens (including phenoxy) is 4. The van der Waals surface area contributed by atoms with Crippen molar-refractivity contribution in [2.45, 2.75) is 51.4 Å². The average Bonchev–Trinajstić information content (AvgIpc) is 2.91. The third-order valence-electron chi connectivity index (χ3n) is 7.19. The van der Waals surface area contributed by atoms with Gasteiger partial charge in [0.05, 0.1) is 33.5 Å². The van der Waals surface area contributed by atoms with Crippen LogP contribution in [0.25, 0.3) is 0 Å². The number of hydrogen-bond acceptors (Lipinski definition) is 8. The molecule has 2 N–H and O–H groups in total. The molecule has 202 valence electrons. The molecule has 38 heavy (non-hydrogen) atoms. The Morgan fingerprint density at radius 1 is 0.974 bits per heavy atom. The summed E-state index contributed by atoms with van der Waals surface area (Å²) in [6.07, 6.45) is 2.49. The summed E-state index contributed by atoms with van der Waals surface area (Å²) in [6, 6.07) is 10.7. The fourth-order valence-electron chi connectivity index (χ4n) is 5.26. The summed E-state index contributed by atoms with van der Waals surface area (Å²) in [5, 5.41) is 13.9. The summed E-state index contributed by atoms with van der Waals surface area (Å²) < 4.78 is 21.6. The number of esters is 1. The number of carbonyl (C=O) groups excluding carboxylic acids is 2. The van der Waals surface area contributed by atoms with Crippen molar-refractivity contribution in [2.24, 2.45) is 0 Å². The van der Waals surface area contributed by atoms with Gasteiger partial charge in [-0.1, -0.05) is 25.5 Å². The van der Waals surface area contributed by atoms with E-state index in [0.29, 0.717) is 52.7 Å². The largest absolute Gasteiger partial charge is 0.504 e. The highest BCUT2D eigenvalue weighted by atomic mass is 16.5. The zero-order valence-corrected chi connectivity index (χ0v) is 22.6. The van der Waals surface area contributed by atoms with Gasteiger partial charge in [-0.15, -0.1) is 0 Å². The molecule has 2 atom stereocenters. The summed E-state index contributed by atoms with van der Waals surface area (Å²) >= 11 is 0. The first-order chi connectivity index (χ1) is 18.3. The van der Waals surface area contributed by atoms with Crippen molar-refractivity contribution < 1.29 is 33.6 Å². The molecule has 0 saturated carbocycles. The van der Waals surface area contributed by atoms with Gasteiger partial charge in [0.15, 0.2) is 28.8 Å². The quantitative estimate of drug-likeness (QED) is 0.346. The fourth-order valence-corrected chi connectivity index (χ4v) is 5.26. The second kappa shape index (κ2) is 11.6. The second-order valence-corrected chi connectivity index (χ2v) is 9.55. The molecule has 0 aromatic heterocycles. The van der Waals surface area contributed by atoms with E-state index >= 15 is 0 Å². The van der Waals surface area contributed by atoms with Crippen LogP contribution in [0.15, 0.2) is 58.9 Å². The van der Waals surface area contributed by atoms with Crippen molar-refractivity contribution in [2.75, 3.05) is 27.9 Å². The summed E-state index contributed by atoms with van der Waals surface area (Å²) in [5.41, 5.74) is 3.89. The molecule has 0 saturated heterocycles. The van der Waals surface area contributed by atoms with Gasteiger partial charge in [0.1, 0.15) is 0 Å². The Morgan fingerprint density at radius 2 is 1.66 bits per heavy atom. The molecule has 8 heteroatoms. The van der Waals surface area contributed by atoms with Crippen molar-refractivity contribution >= 4 is 11.8 Å². The first kappa shape index (κ1) is 27.1. The summed E-state index contributed by atoms with van der Waals surface area (Å²) in [6.45, 7) is 4.14. The molecular formula is C30H35NO7. The van der Waals surface area contributed by atoms with Crippen LogP contribution in [0.5, 0.6) is 23.0 Å². The Labute approximate surface area is 223 Å². The molecule has 0 radical (unpaired) electrons. The lowest BCUT2D eigenvalue weighted by Crippen LogP contribution is -2.36. The second-order valence-electron chi connectivity index (χ2n) is 9.55. The minimum absolute atomic E-state index is 0.0616. The number of rotatable bonds is 9. The Bertz CT molecular complexity index is 1290. The van der Waals surface area contributed by atoms with Gasteiger partial charge >= 0.3 is 5.97 Å². The Kier molecular flexibility index (Phi) is 8.29. The van der Waals surface area contributed by atoms with Crippen LogP contribution in [0, 0.1) is 0 Å². The first-order valence-electron chi connectivity index (χ1n) is 12.8. The summed E-state index contributed by atoms with van der Waals surface area (Å²) in [7, 11) is 4.64. The normalized spacial score (nSPS) is 19.0. The van der Waals surface area contributed by atoms with E-state index < -0.39 is 11.9 Å². The van der Waals surface area contributed by atoms with Crippen molar-refractivity contribution in [1.29, 1.82) is 0 Å². The third-order valence-corrected chi connectivity index (χ3v) is 7.19. The lowest BCUT2D eigenvalue weighted by molar-refractivity contribution is -0.139. The smallest absolute Gasteiger partial charge is 0.336 e. The number of nitrogens with one attached hydrogen (secondary N) is 1. The van der Waals surface area contributed by atoms with Crippen LogP contribution in [0.2, 0.25) is 0 Å². The molecule has 4 rings (SSSR count). The van der Waals surface area contributed by atoms with Crippen LogP contribution in [0.1, 0.15) is 62.5 Å². The van der Waals surface area contributed by atoms with Gasteiger partial charge in [-0.25, -0.2) is 4.79 Å². The summed E-state index contributed by atoms with van der Waals surface area (Å²) in [4.78, 5) is 27.1. The van der Waals surface area contributed by atoms with Crippen LogP contribution in [-0.2, 0) is 14.3 Å². The zero-order chi connectivity index (χ0) is 27.4. The predicted molar refractivity (Wildman–Crippen MR) is 143 cm³/mol. The number of ketones is 1. The highest BCUT2D eigenvalue weighted by Gasteiger charge is 2.41. The van der Waals surface area contributed by atoms with Gasteiger partial charge in [-0.05, 0) is 61.1 Å². The number of unbranched alkanes of at least 4 members (excludes halogenated alkanes) is 1. The SMILES string of the molecule is CCCCOC(=O)C1=C(C)NC2=C(C(=O)C[C@H](c3ccc(OC)c(OC)c3)C2)[C@H]1c1ccc(OC)c(O)c1. The number of benzene rings is 2. The lowest BCUT2D eigenvalue weighted by atomic mass is 9.71. The predicted octanol–water partition coefficient (Wildman–Crippen LogP) is 5.12. The molecule has 0 unspecified atom stereocenters. The van der Waals surface area contributed by atoms with Crippen molar-refractivity contribution in [3.63, 3.8) is 0 Å². The maximum absolute atomic E-state index is 13.8. The third kappa shape index (κ3) is 5.21. The number of aromatic hydroxyl groups is 1. The number of allylic oxidation sites excluding steroid dienone is 3. The van der Waals surface area contributed by atoms with Gasteiger partial charge < -0.3 is 29.4 Å². The number of carbonyl (C=O) groups is 2. The Balaban J connectivity index is 1.76. The summed E-state index contributed by atoms with van der Waals surface area (Å²) in [5.74, 6) is 0.199. The van der Waals surface area contributed by atoms with Crippen LogP contribution < -0.4 is 19.5 Å². The number of phenols is 1. The molecule has 2 aromatic carbocycles. The van der Waals surface area contributed by atoms with E-state index in [1.807, 2.05) is 32.0 Å². The monoisotopic (exact) mass is 521 g/mol. The van der Waals surface area contributed by atoms with E-state index in [0.717, 1.165) is 24.1 Å². The number of phenolic OH excluding ortho intramolecular Hbond substituents is 1. The maximum Gasteiger partial charge on any atom is 0.336 e. The molecule has 0 amide bonds. The topological polar surface area (TPSA) is 103 Å². The van der Waals surface area contributed by atoms with E-state index in [1.54, 1.807) is 32.4 Å². The molecule has 2 aliphatic rings. The van der Waals surface area contributed by atoms with Gasteiger partial charge in [0.2, 0.25) is 0 Å². The van der Waals surface area contributed by atoms with Crippen LogP contribution in [0.4, 0.5) is 0 Å². The van der Waals surface area contributed by atoms with E-state index in [2.05, 4.69) is 5.32 Å². The van der Waals surface area contributed by atoms with Crippen LogP contribution >= 0.6 is 0 Å². The minimum Gasteiger partial charge on any atom is -0.504 e. The zero-order valence-electron chi connectivity index (χ0n) is 22.6. The van der Waals surface area contributed by atoms with E-state index in [1.165, 1.54) is 7.11 Å². The lowest BCUT2D eigenvalue weighted by Gasteiger charge is -2.37. The molecule has 0 spiro atoms.